The van der Waals surface area contributed by atoms with E-state index in [2.05, 4.69) is 5.10 Å². The van der Waals surface area contributed by atoms with Crippen LogP contribution in [0.2, 0.25) is 5.02 Å². The van der Waals surface area contributed by atoms with E-state index in [1.54, 1.807) is 24.0 Å². The van der Waals surface area contributed by atoms with Crippen molar-refractivity contribution in [1.82, 2.24) is 9.78 Å². The highest BCUT2D eigenvalue weighted by Gasteiger charge is 2.26. The normalized spacial score (nSPS) is 12.7. The first-order chi connectivity index (χ1) is 9.13. The molecule has 0 saturated heterocycles. The Morgan fingerprint density at radius 3 is 2.79 bits per heavy atom. The molecule has 6 nitrogen and oxygen atoms in total. The maximum Gasteiger partial charge on any atom is 0.231 e. The van der Waals surface area contributed by atoms with Crippen LogP contribution in [0, 0.1) is 0 Å². The third kappa shape index (κ3) is 1.64. The van der Waals surface area contributed by atoms with Gasteiger partial charge in [-0.2, -0.15) is 5.10 Å². The zero-order valence-electron chi connectivity index (χ0n) is 10.0. The molecule has 2 heterocycles. The Bertz CT molecular complexity index is 681. The molecule has 0 aliphatic carbocycles. The van der Waals surface area contributed by atoms with E-state index < -0.39 is 0 Å². The van der Waals surface area contributed by atoms with Gasteiger partial charge in [-0.15, -0.1) is 0 Å². The van der Waals surface area contributed by atoms with E-state index in [9.17, 15) is 4.79 Å². The topological polar surface area (TPSA) is 79.4 Å². The summed E-state index contributed by atoms with van der Waals surface area (Å²) in [5, 5.41) is 4.36. The number of nitrogens with two attached hydrogens (primary N) is 1. The van der Waals surface area contributed by atoms with Crippen molar-refractivity contribution >= 4 is 23.7 Å². The number of carbonyl (C=O) groups is 1. The van der Waals surface area contributed by atoms with Crippen molar-refractivity contribution in [3.63, 3.8) is 0 Å². The van der Waals surface area contributed by atoms with Crippen LogP contribution in [0.15, 0.2) is 12.3 Å². The van der Waals surface area contributed by atoms with Crippen molar-refractivity contribution in [2.75, 3.05) is 12.5 Å². The third-order valence-electron chi connectivity index (χ3n) is 3.02. The van der Waals surface area contributed by atoms with E-state index in [0.717, 1.165) is 0 Å². The van der Waals surface area contributed by atoms with Crippen molar-refractivity contribution in [1.29, 1.82) is 0 Å². The number of benzene rings is 1. The van der Waals surface area contributed by atoms with Gasteiger partial charge in [0.2, 0.25) is 6.79 Å². The Labute approximate surface area is 113 Å². The largest absolute Gasteiger partial charge is 0.453 e. The Morgan fingerprint density at radius 2 is 2.16 bits per heavy atom. The fourth-order valence-corrected chi connectivity index (χ4v) is 2.26. The molecule has 1 aliphatic rings. The summed E-state index contributed by atoms with van der Waals surface area (Å²) in [6, 6.07) is 1.63. The SMILES string of the molecule is Cn1ncc(-c2cc(Cl)c(C=O)c3c2OCO3)c1N. The van der Waals surface area contributed by atoms with E-state index in [1.807, 2.05) is 0 Å². The molecule has 0 radical (unpaired) electrons. The van der Waals surface area contributed by atoms with Crippen LogP contribution in [0.3, 0.4) is 0 Å². The molecule has 0 spiro atoms. The van der Waals surface area contributed by atoms with Crippen molar-refractivity contribution in [2.24, 2.45) is 7.05 Å². The third-order valence-corrected chi connectivity index (χ3v) is 3.34. The van der Waals surface area contributed by atoms with Crippen LogP contribution < -0.4 is 15.2 Å². The highest BCUT2D eigenvalue weighted by molar-refractivity contribution is 6.33. The Hall–Kier alpha value is -2.21. The molecule has 2 N–H and O–H groups in total. The summed E-state index contributed by atoms with van der Waals surface area (Å²) in [6.07, 6.45) is 2.26. The summed E-state index contributed by atoms with van der Waals surface area (Å²) >= 11 is 6.09. The van der Waals surface area contributed by atoms with E-state index >= 15 is 0 Å². The monoisotopic (exact) mass is 279 g/mol. The highest BCUT2D eigenvalue weighted by Crippen LogP contribution is 2.47. The Kier molecular flexibility index (Phi) is 2.60. The molecule has 0 amide bonds. The van der Waals surface area contributed by atoms with Crippen molar-refractivity contribution in [3.05, 3.63) is 22.8 Å². The van der Waals surface area contributed by atoms with Gasteiger partial charge >= 0.3 is 0 Å². The number of anilines is 1. The Morgan fingerprint density at radius 1 is 1.42 bits per heavy atom. The van der Waals surface area contributed by atoms with Crippen LogP contribution in [0.1, 0.15) is 10.4 Å². The predicted octanol–water partition coefficient (Wildman–Crippen LogP) is 1.86. The van der Waals surface area contributed by atoms with Crippen LogP contribution in [-0.4, -0.2) is 22.9 Å². The zero-order valence-corrected chi connectivity index (χ0v) is 10.8. The van der Waals surface area contributed by atoms with Gasteiger partial charge in [-0.3, -0.25) is 9.48 Å². The van der Waals surface area contributed by atoms with Crippen LogP contribution >= 0.6 is 11.6 Å². The molecule has 0 fully saturated rings. The van der Waals surface area contributed by atoms with Gasteiger partial charge in [-0.1, -0.05) is 11.6 Å². The fourth-order valence-electron chi connectivity index (χ4n) is 2.02. The summed E-state index contributed by atoms with van der Waals surface area (Å²) in [5.41, 5.74) is 7.56. The molecular formula is C12H10ClN3O3. The number of rotatable bonds is 2. The first-order valence-corrected chi connectivity index (χ1v) is 5.86. The van der Waals surface area contributed by atoms with E-state index in [4.69, 9.17) is 26.8 Å². The number of nitrogens with zero attached hydrogens (tertiary/aromatic N) is 2. The molecule has 1 aliphatic heterocycles. The number of aldehydes is 1. The van der Waals surface area contributed by atoms with Crippen LogP contribution in [0.5, 0.6) is 11.5 Å². The zero-order chi connectivity index (χ0) is 13.6. The number of hydrogen-bond donors (Lipinski definition) is 1. The van der Waals surface area contributed by atoms with Gasteiger partial charge in [0, 0.05) is 18.2 Å². The number of hydrogen-bond acceptors (Lipinski definition) is 5. The van der Waals surface area contributed by atoms with Gasteiger partial charge in [-0.05, 0) is 6.07 Å². The minimum Gasteiger partial charge on any atom is -0.453 e. The minimum absolute atomic E-state index is 0.0453. The predicted molar refractivity (Wildman–Crippen MR) is 69.6 cm³/mol. The van der Waals surface area contributed by atoms with E-state index in [1.165, 1.54) is 0 Å². The van der Waals surface area contributed by atoms with Crippen LogP contribution in [-0.2, 0) is 7.05 Å². The Balaban J connectivity index is 2.29. The number of halogens is 1. The molecule has 0 unspecified atom stereocenters. The second-order valence-corrected chi connectivity index (χ2v) is 4.48. The molecule has 0 atom stereocenters. The molecular weight excluding hydrogens is 270 g/mol. The first kappa shape index (κ1) is 11.9. The fraction of sp³-hybridized carbons (Fsp3) is 0.167. The number of aromatic nitrogens is 2. The molecule has 3 rings (SSSR count). The van der Waals surface area contributed by atoms with Gasteiger partial charge in [0.1, 0.15) is 5.82 Å². The lowest BCUT2D eigenvalue weighted by Gasteiger charge is -2.08. The average Bonchev–Trinajstić information content (AvgIpc) is 2.98. The number of carbonyl (C=O) groups excluding carboxylic acids is 1. The number of nitrogen functional groups attached to an aromatic ring is 1. The lowest BCUT2D eigenvalue weighted by Crippen LogP contribution is -1.98. The van der Waals surface area contributed by atoms with E-state index in [-0.39, 0.29) is 17.4 Å². The second-order valence-electron chi connectivity index (χ2n) is 4.07. The van der Waals surface area contributed by atoms with Gasteiger partial charge in [0.25, 0.3) is 0 Å². The number of aryl methyl sites for hydroxylation is 1. The second kappa shape index (κ2) is 4.17. The van der Waals surface area contributed by atoms with Crippen molar-refractivity contribution < 1.29 is 14.3 Å². The summed E-state index contributed by atoms with van der Waals surface area (Å²) in [4.78, 5) is 11.0. The van der Waals surface area contributed by atoms with Gasteiger partial charge in [0.05, 0.1) is 16.8 Å². The maximum absolute atomic E-state index is 11.0. The average molecular weight is 280 g/mol. The first-order valence-electron chi connectivity index (χ1n) is 5.48. The molecule has 7 heteroatoms. The van der Waals surface area contributed by atoms with Crippen molar-refractivity contribution in [3.8, 4) is 22.6 Å². The summed E-state index contributed by atoms with van der Waals surface area (Å²) in [7, 11) is 1.73. The standard InChI is InChI=1S/C12H10ClN3O3/c1-16-12(14)7(3-15-16)6-2-9(13)8(4-17)11-10(6)18-5-19-11/h2-4H,5,14H2,1H3. The molecule has 1 aromatic carbocycles. The quantitative estimate of drug-likeness (QED) is 0.849. The molecule has 1 aromatic heterocycles. The van der Waals surface area contributed by atoms with Crippen LogP contribution in [0.25, 0.3) is 11.1 Å². The molecule has 98 valence electrons. The minimum atomic E-state index is 0.0453. The highest BCUT2D eigenvalue weighted by atomic mass is 35.5. The number of ether oxygens (including phenoxy) is 2. The smallest absolute Gasteiger partial charge is 0.231 e. The van der Waals surface area contributed by atoms with Gasteiger partial charge in [-0.25, -0.2) is 0 Å². The summed E-state index contributed by atoms with van der Waals surface area (Å²) < 4.78 is 12.3. The molecule has 2 aromatic rings. The van der Waals surface area contributed by atoms with Crippen molar-refractivity contribution in [2.45, 2.75) is 0 Å². The molecule has 0 bridgehead atoms. The summed E-state index contributed by atoms with van der Waals surface area (Å²) in [5.74, 6) is 1.29. The summed E-state index contributed by atoms with van der Waals surface area (Å²) in [6.45, 7) is 0.0453. The number of fused-ring (bicyclic) bond motifs is 1. The lowest BCUT2D eigenvalue weighted by atomic mass is 10.0. The maximum atomic E-state index is 11.0. The molecule has 0 saturated carbocycles. The van der Waals surface area contributed by atoms with Crippen LogP contribution in [0.4, 0.5) is 5.82 Å². The van der Waals surface area contributed by atoms with E-state index in [0.29, 0.717) is 34.7 Å². The van der Waals surface area contributed by atoms with Gasteiger partial charge in [0.15, 0.2) is 17.8 Å². The van der Waals surface area contributed by atoms with Gasteiger partial charge < -0.3 is 15.2 Å². The molecule has 19 heavy (non-hydrogen) atoms. The lowest BCUT2D eigenvalue weighted by molar-refractivity contribution is 0.111.